The van der Waals surface area contributed by atoms with Crippen molar-refractivity contribution < 1.29 is 9.59 Å². The molecule has 0 saturated carbocycles. The minimum atomic E-state index is 0.121. The van der Waals surface area contributed by atoms with Gasteiger partial charge in [0.05, 0.1) is 6.42 Å². The molecule has 2 aliphatic rings. The SMILES string of the molecule is CCC(=O)N1CCC(c2nc(C)c3c(n2)N(CCCc2ccccc2)C(=O)C3)CC1. The van der Waals surface area contributed by atoms with Crippen molar-refractivity contribution in [3.05, 3.63) is 53.0 Å². The number of nitrogens with zero attached hydrogens (tertiary/aromatic N) is 4. The van der Waals surface area contributed by atoms with Gasteiger partial charge in [-0.15, -0.1) is 0 Å². The second kappa shape index (κ2) is 8.94. The van der Waals surface area contributed by atoms with Gasteiger partial charge in [-0.1, -0.05) is 37.3 Å². The lowest BCUT2D eigenvalue weighted by Crippen LogP contribution is -2.38. The van der Waals surface area contributed by atoms with E-state index in [1.54, 1.807) is 0 Å². The molecule has 30 heavy (non-hydrogen) atoms. The number of hydrogen-bond donors (Lipinski definition) is 0. The summed E-state index contributed by atoms with van der Waals surface area (Å²) in [7, 11) is 0. The van der Waals surface area contributed by atoms with E-state index in [9.17, 15) is 9.59 Å². The van der Waals surface area contributed by atoms with Crippen molar-refractivity contribution in [1.29, 1.82) is 0 Å². The van der Waals surface area contributed by atoms with Crippen LogP contribution in [0.5, 0.6) is 0 Å². The molecule has 0 unspecified atom stereocenters. The van der Waals surface area contributed by atoms with Crippen LogP contribution in [0, 0.1) is 6.92 Å². The highest BCUT2D eigenvalue weighted by Gasteiger charge is 2.33. The van der Waals surface area contributed by atoms with Gasteiger partial charge in [-0.2, -0.15) is 0 Å². The van der Waals surface area contributed by atoms with E-state index in [0.29, 0.717) is 19.4 Å². The Morgan fingerprint density at radius 3 is 2.57 bits per heavy atom. The third-order valence-corrected chi connectivity index (χ3v) is 6.30. The van der Waals surface area contributed by atoms with Gasteiger partial charge in [0, 0.05) is 43.2 Å². The fraction of sp³-hybridized carbons (Fsp3) is 0.500. The topological polar surface area (TPSA) is 66.4 Å². The molecule has 1 saturated heterocycles. The van der Waals surface area contributed by atoms with Crippen LogP contribution in [0.15, 0.2) is 30.3 Å². The van der Waals surface area contributed by atoms with Crippen LogP contribution in [0.4, 0.5) is 5.82 Å². The van der Waals surface area contributed by atoms with Crippen LogP contribution in [-0.2, 0) is 22.4 Å². The lowest BCUT2D eigenvalue weighted by molar-refractivity contribution is -0.131. The predicted octanol–water partition coefficient (Wildman–Crippen LogP) is 3.42. The first kappa shape index (κ1) is 20.5. The van der Waals surface area contributed by atoms with Crippen LogP contribution in [0.1, 0.15) is 61.2 Å². The maximum Gasteiger partial charge on any atom is 0.232 e. The van der Waals surface area contributed by atoms with E-state index in [1.165, 1.54) is 5.56 Å². The van der Waals surface area contributed by atoms with Crippen molar-refractivity contribution in [1.82, 2.24) is 14.9 Å². The molecule has 2 aromatic rings. The zero-order valence-electron chi connectivity index (χ0n) is 17.9. The highest BCUT2D eigenvalue weighted by Crippen LogP contribution is 2.33. The first-order valence-electron chi connectivity index (χ1n) is 11.1. The Morgan fingerprint density at radius 1 is 1.13 bits per heavy atom. The first-order chi connectivity index (χ1) is 14.6. The second-order valence-corrected chi connectivity index (χ2v) is 8.29. The van der Waals surface area contributed by atoms with Crippen molar-refractivity contribution >= 4 is 17.6 Å². The number of amides is 2. The number of benzene rings is 1. The van der Waals surface area contributed by atoms with E-state index in [0.717, 1.165) is 61.7 Å². The molecule has 6 heteroatoms. The van der Waals surface area contributed by atoms with Crippen molar-refractivity contribution in [2.75, 3.05) is 24.5 Å². The zero-order valence-corrected chi connectivity index (χ0v) is 17.9. The summed E-state index contributed by atoms with van der Waals surface area (Å²) in [6, 6.07) is 10.4. The van der Waals surface area contributed by atoms with Crippen LogP contribution >= 0.6 is 0 Å². The minimum absolute atomic E-state index is 0.121. The van der Waals surface area contributed by atoms with Gasteiger partial charge in [0.15, 0.2) is 0 Å². The largest absolute Gasteiger partial charge is 0.343 e. The normalized spacial score (nSPS) is 16.8. The van der Waals surface area contributed by atoms with Crippen molar-refractivity contribution in [3.63, 3.8) is 0 Å². The summed E-state index contributed by atoms with van der Waals surface area (Å²) in [5, 5.41) is 0. The fourth-order valence-electron chi connectivity index (χ4n) is 4.51. The average Bonchev–Trinajstić information content (AvgIpc) is 3.10. The highest BCUT2D eigenvalue weighted by atomic mass is 16.2. The number of carbonyl (C=O) groups excluding carboxylic acids is 2. The molecule has 2 aliphatic heterocycles. The Balaban J connectivity index is 1.46. The molecular formula is C24H30N4O2. The Kier molecular flexibility index (Phi) is 6.11. The number of carbonyl (C=O) groups is 2. The molecule has 2 amide bonds. The third kappa shape index (κ3) is 4.23. The minimum Gasteiger partial charge on any atom is -0.343 e. The summed E-state index contributed by atoms with van der Waals surface area (Å²) >= 11 is 0. The Morgan fingerprint density at radius 2 is 1.87 bits per heavy atom. The number of aryl methyl sites for hydroxylation is 2. The van der Waals surface area contributed by atoms with E-state index in [-0.39, 0.29) is 17.7 Å². The Bertz CT molecular complexity index is 920. The number of piperidine rings is 1. The standard InChI is InChI=1S/C24H30N4O2/c1-3-21(29)27-14-11-19(12-15-27)23-25-17(2)20-16-22(30)28(24(20)26-23)13-7-10-18-8-5-4-6-9-18/h4-6,8-9,19H,3,7,10-16H2,1-2H3. The van der Waals surface area contributed by atoms with E-state index in [1.807, 2.05) is 41.8 Å². The lowest BCUT2D eigenvalue weighted by atomic mass is 9.95. The van der Waals surface area contributed by atoms with E-state index in [4.69, 9.17) is 9.97 Å². The van der Waals surface area contributed by atoms with Gasteiger partial charge in [-0.25, -0.2) is 9.97 Å². The smallest absolute Gasteiger partial charge is 0.232 e. The fourth-order valence-corrected chi connectivity index (χ4v) is 4.51. The average molecular weight is 407 g/mol. The summed E-state index contributed by atoms with van der Waals surface area (Å²) in [6.07, 6.45) is 4.57. The van der Waals surface area contributed by atoms with Crippen LogP contribution < -0.4 is 4.90 Å². The van der Waals surface area contributed by atoms with Crippen molar-refractivity contribution in [2.45, 2.75) is 58.3 Å². The molecule has 0 bridgehead atoms. The second-order valence-electron chi connectivity index (χ2n) is 8.29. The van der Waals surface area contributed by atoms with Gasteiger partial charge in [0.25, 0.3) is 0 Å². The van der Waals surface area contributed by atoms with Crippen LogP contribution in [0.3, 0.4) is 0 Å². The van der Waals surface area contributed by atoms with Gasteiger partial charge in [-0.3, -0.25) is 14.5 Å². The molecule has 158 valence electrons. The molecule has 0 atom stereocenters. The van der Waals surface area contributed by atoms with E-state index < -0.39 is 0 Å². The van der Waals surface area contributed by atoms with Crippen LogP contribution in [-0.4, -0.2) is 46.3 Å². The molecule has 4 rings (SSSR count). The lowest BCUT2D eigenvalue weighted by Gasteiger charge is -2.31. The molecule has 1 aromatic heterocycles. The molecular weight excluding hydrogens is 376 g/mol. The van der Waals surface area contributed by atoms with E-state index in [2.05, 4.69) is 12.1 Å². The number of aromatic nitrogens is 2. The van der Waals surface area contributed by atoms with Crippen LogP contribution in [0.25, 0.3) is 0 Å². The summed E-state index contributed by atoms with van der Waals surface area (Å²) in [6.45, 7) is 6.10. The molecule has 1 fully saturated rings. The monoisotopic (exact) mass is 406 g/mol. The van der Waals surface area contributed by atoms with Gasteiger partial charge < -0.3 is 4.90 Å². The maximum atomic E-state index is 12.7. The molecule has 6 nitrogen and oxygen atoms in total. The van der Waals surface area contributed by atoms with Gasteiger partial charge in [0.1, 0.15) is 11.6 Å². The van der Waals surface area contributed by atoms with Crippen molar-refractivity contribution in [2.24, 2.45) is 0 Å². The molecule has 0 aliphatic carbocycles. The molecule has 0 radical (unpaired) electrons. The summed E-state index contributed by atoms with van der Waals surface area (Å²) in [5.41, 5.74) is 3.18. The molecule has 0 spiro atoms. The number of hydrogen-bond acceptors (Lipinski definition) is 4. The summed E-state index contributed by atoms with van der Waals surface area (Å²) < 4.78 is 0. The predicted molar refractivity (Wildman–Crippen MR) is 116 cm³/mol. The third-order valence-electron chi connectivity index (χ3n) is 6.30. The number of fused-ring (bicyclic) bond motifs is 1. The maximum absolute atomic E-state index is 12.7. The Labute approximate surface area is 178 Å². The van der Waals surface area contributed by atoms with E-state index >= 15 is 0 Å². The van der Waals surface area contributed by atoms with Gasteiger partial charge in [-0.05, 0) is 38.2 Å². The first-order valence-corrected chi connectivity index (χ1v) is 11.1. The molecule has 0 N–H and O–H groups in total. The summed E-state index contributed by atoms with van der Waals surface area (Å²) in [5.74, 6) is 2.22. The number of rotatable bonds is 6. The number of likely N-dealkylation sites (tertiary alicyclic amines) is 1. The summed E-state index contributed by atoms with van der Waals surface area (Å²) in [4.78, 5) is 38.1. The van der Waals surface area contributed by atoms with Gasteiger partial charge in [0.2, 0.25) is 11.8 Å². The van der Waals surface area contributed by atoms with Crippen LogP contribution in [0.2, 0.25) is 0 Å². The Hall–Kier alpha value is -2.76. The zero-order chi connectivity index (χ0) is 21.1. The molecule has 1 aromatic carbocycles. The quantitative estimate of drug-likeness (QED) is 0.737. The highest BCUT2D eigenvalue weighted by molar-refractivity contribution is 6.00. The van der Waals surface area contributed by atoms with Gasteiger partial charge >= 0.3 is 0 Å². The molecule has 3 heterocycles. The van der Waals surface area contributed by atoms with Crippen molar-refractivity contribution in [3.8, 4) is 0 Å². The number of anilines is 1.